The summed E-state index contributed by atoms with van der Waals surface area (Å²) < 4.78 is 40.5. The lowest BCUT2D eigenvalue weighted by atomic mass is 10.2. The molecular weight excluding hydrogens is 323 g/mol. The van der Waals surface area contributed by atoms with Gasteiger partial charge in [-0.3, -0.25) is 0 Å². The van der Waals surface area contributed by atoms with E-state index in [1.165, 1.54) is 6.07 Å². The van der Waals surface area contributed by atoms with Crippen molar-refractivity contribution in [3.05, 3.63) is 23.0 Å². The van der Waals surface area contributed by atoms with Crippen LogP contribution >= 0.6 is 23.4 Å². The van der Waals surface area contributed by atoms with Crippen molar-refractivity contribution in [1.82, 2.24) is 4.72 Å². The summed E-state index contributed by atoms with van der Waals surface area (Å²) in [6.07, 6.45) is 3.22. The third-order valence-electron chi connectivity index (χ3n) is 3.10. The number of halogens is 2. The van der Waals surface area contributed by atoms with E-state index in [-0.39, 0.29) is 16.0 Å². The lowest BCUT2D eigenvalue weighted by Gasteiger charge is -2.21. The minimum atomic E-state index is -3.94. The van der Waals surface area contributed by atoms with Crippen molar-refractivity contribution >= 4 is 39.1 Å². The molecule has 0 spiro atoms. The summed E-state index contributed by atoms with van der Waals surface area (Å²) in [5, 5.41) is 0.328. The van der Waals surface area contributed by atoms with Crippen molar-refractivity contribution in [2.75, 3.05) is 18.0 Å². The highest BCUT2D eigenvalue weighted by Gasteiger charge is 2.23. The zero-order chi connectivity index (χ0) is 14.8. The van der Waals surface area contributed by atoms with Crippen LogP contribution in [0, 0.1) is 5.82 Å². The van der Waals surface area contributed by atoms with Crippen LogP contribution in [0.15, 0.2) is 17.0 Å². The second-order valence-electron chi connectivity index (χ2n) is 4.65. The fraction of sp³-hybridized carbons (Fsp3) is 0.500. The highest BCUT2D eigenvalue weighted by molar-refractivity contribution is 8.00. The summed E-state index contributed by atoms with van der Waals surface area (Å²) in [5.41, 5.74) is 5.13. The quantitative estimate of drug-likeness (QED) is 0.828. The van der Waals surface area contributed by atoms with E-state index in [1.807, 2.05) is 0 Å². The molecule has 1 atom stereocenters. The van der Waals surface area contributed by atoms with Gasteiger partial charge in [0, 0.05) is 16.8 Å². The van der Waals surface area contributed by atoms with Gasteiger partial charge in [-0.25, -0.2) is 17.5 Å². The molecule has 0 saturated carbocycles. The Kier molecular flexibility index (Phi) is 5.17. The third kappa shape index (κ3) is 3.78. The number of hydrogen-bond donors (Lipinski definition) is 2. The largest absolute Gasteiger partial charge is 0.396 e. The fourth-order valence-corrected chi connectivity index (χ4v) is 4.88. The number of sulfonamides is 1. The van der Waals surface area contributed by atoms with Crippen molar-refractivity contribution in [3.63, 3.8) is 0 Å². The van der Waals surface area contributed by atoms with E-state index in [0.717, 1.165) is 31.1 Å². The Hall–Kier alpha value is -0.500. The van der Waals surface area contributed by atoms with Crippen LogP contribution in [0.5, 0.6) is 0 Å². The first-order chi connectivity index (χ1) is 9.40. The zero-order valence-corrected chi connectivity index (χ0v) is 13.1. The predicted molar refractivity (Wildman–Crippen MR) is 81.1 cm³/mol. The zero-order valence-electron chi connectivity index (χ0n) is 10.7. The molecule has 0 aromatic heterocycles. The van der Waals surface area contributed by atoms with Gasteiger partial charge in [0.15, 0.2) is 5.82 Å². The van der Waals surface area contributed by atoms with Crippen LogP contribution in [0.1, 0.15) is 19.3 Å². The average Bonchev–Trinajstić information content (AvgIpc) is 2.42. The predicted octanol–water partition coefficient (Wildman–Crippen LogP) is 2.63. The summed E-state index contributed by atoms with van der Waals surface area (Å²) in [7, 11) is -3.94. The van der Waals surface area contributed by atoms with Crippen LogP contribution in [0.4, 0.5) is 10.1 Å². The van der Waals surface area contributed by atoms with Crippen molar-refractivity contribution in [2.24, 2.45) is 0 Å². The van der Waals surface area contributed by atoms with Crippen LogP contribution in [0.3, 0.4) is 0 Å². The van der Waals surface area contributed by atoms with Crippen LogP contribution in [-0.2, 0) is 10.0 Å². The summed E-state index contributed by atoms with van der Waals surface area (Å²) in [6, 6.07) is 2.26. The van der Waals surface area contributed by atoms with E-state index in [9.17, 15) is 12.8 Å². The number of nitrogens with two attached hydrogens (primary N) is 1. The maximum absolute atomic E-state index is 13.8. The van der Waals surface area contributed by atoms with E-state index >= 15 is 0 Å². The van der Waals surface area contributed by atoms with Gasteiger partial charge >= 0.3 is 0 Å². The van der Waals surface area contributed by atoms with Crippen LogP contribution in [-0.4, -0.2) is 26.0 Å². The maximum atomic E-state index is 13.8. The number of nitrogen functional groups attached to an aromatic ring is 1. The molecule has 1 unspecified atom stereocenters. The highest BCUT2D eigenvalue weighted by Crippen LogP contribution is 2.27. The Morgan fingerprint density at radius 3 is 2.85 bits per heavy atom. The van der Waals surface area contributed by atoms with Gasteiger partial charge in [-0.2, -0.15) is 11.8 Å². The first-order valence-corrected chi connectivity index (χ1v) is 9.17. The highest BCUT2D eigenvalue weighted by atomic mass is 35.5. The molecule has 0 aliphatic carbocycles. The number of rotatable bonds is 4. The SMILES string of the molecule is Nc1cc(Cl)cc(S(=O)(=O)NCC2CCCCS2)c1F. The smallest absolute Gasteiger partial charge is 0.243 e. The Labute approximate surface area is 127 Å². The lowest BCUT2D eigenvalue weighted by molar-refractivity contribution is 0.554. The lowest BCUT2D eigenvalue weighted by Crippen LogP contribution is -2.32. The van der Waals surface area contributed by atoms with Gasteiger partial charge in [-0.1, -0.05) is 18.0 Å². The molecule has 3 N–H and O–H groups in total. The van der Waals surface area contributed by atoms with Gasteiger partial charge < -0.3 is 5.73 Å². The van der Waals surface area contributed by atoms with E-state index in [4.69, 9.17) is 17.3 Å². The average molecular weight is 339 g/mol. The van der Waals surface area contributed by atoms with E-state index in [2.05, 4.69) is 4.72 Å². The first kappa shape index (κ1) is 15.9. The second-order valence-corrected chi connectivity index (χ2v) is 8.23. The van der Waals surface area contributed by atoms with Crippen molar-refractivity contribution < 1.29 is 12.8 Å². The molecule has 8 heteroatoms. The Morgan fingerprint density at radius 1 is 1.45 bits per heavy atom. The van der Waals surface area contributed by atoms with Crippen LogP contribution < -0.4 is 10.5 Å². The van der Waals surface area contributed by atoms with Gasteiger partial charge in [0.2, 0.25) is 10.0 Å². The molecule has 1 fully saturated rings. The molecule has 0 radical (unpaired) electrons. The summed E-state index contributed by atoms with van der Waals surface area (Å²) in [6.45, 7) is 0.291. The fourth-order valence-electron chi connectivity index (χ4n) is 2.03. The van der Waals surface area contributed by atoms with Gasteiger partial charge in [-0.05, 0) is 30.7 Å². The maximum Gasteiger partial charge on any atom is 0.243 e. The Bertz CT molecular complexity index is 589. The molecule has 1 aromatic rings. The molecule has 1 aromatic carbocycles. The first-order valence-electron chi connectivity index (χ1n) is 6.26. The molecule has 4 nitrogen and oxygen atoms in total. The third-order valence-corrected chi connectivity index (χ3v) is 6.14. The molecule has 1 heterocycles. The van der Waals surface area contributed by atoms with Crippen LogP contribution in [0.25, 0.3) is 0 Å². The van der Waals surface area contributed by atoms with Gasteiger partial charge in [0.05, 0.1) is 5.69 Å². The van der Waals surface area contributed by atoms with E-state index < -0.39 is 20.7 Å². The minimum absolute atomic E-state index is 0.0938. The van der Waals surface area contributed by atoms with Gasteiger partial charge in [0.25, 0.3) is 0 Å². The van der Waals surface area contributed by atoms with E-state index in [1.54, 1.807) is 11.8 Å². The molecule has 1 aliphatic heterocycles. The van der Waals surface area contributed by atoms with Crippen LogP contribution in [0.2, 0.25) is 5.02 Å². The number of nitrogens with one attached hydrogen (secondary N) is 1. The number of thioether (sulfide) groups is 1. The van der Waals surface area contributed by atoms with E-state index in [0.29, 0.717) is 6.54 Å². The molecule has 20 heavy (non-hydrogen) atoms. The molecule has 0 amide bonds. The number of benzene rings is 1. The molecule has 112 valence electrons. The minimum Gasteiger partial charge on any atom is -0.396 e. The molecule has 1 aliphatic rings. The summed E-state index contributed by atoms with van der Waals surface area (Å²) in [5.74, 6) is 0.0726. The molecule has 2 rings (SSSR count). The summed E-state index contributed by atoms with van der Waals surface area (Å²) >= 11 is 7.47. The Balaban J connectivity index is 2.14. The van der Waals surface area contributed by atoms with Gasteiger partial charge in [-0.15, -0.1) is 0 Å². The van der Waals surface area contributed by atoms with Crippen molar-refractivity contribution in [3.8, 4) is 0 Å². The standard InChI is InChI=1S/C12H16ClFN2O2S2/c13-8-5-10(15)12(14)11(6-8)20(17,18)16-7-9-3-1-2-4-19-9/h5-6,9,16H,1-4,7,15H2. The van der Waals surface area contributed by atoms with Gasteiger partial charge in [0.1, 0.15) is 4.90 Å². The Morgan fingerprint density at radius 2 is 2.20 bits per heavy atom. The molecular formula is C12H16ClFN2O2S2. The number of anilines is 1. The number of hydrogen-bond acceptors (Lipinski definition) is 4. The van der Waals surface area contributed by atoms with Crippen molar-refractivity contribution in [2.45, 2.75) is 29.4 Å². The molecule has 0 bridgehead atoms. The van der Waals surface area contributed by atoms with Crippen molar-refractivity contribution in [1.29, 1.82) is 0 Å². The topological polar surface area (TPSA) is 72.2 Å². The monoisotopic (exact) mass is 338 g/mol. The second kappa shape index (κ2) is 6.51. The molecule has 1 saturated heterocycles. The summed E-state index contributed by atoms with van der Waals surface area (Å²) in [4.78, 5) is -0.497. The normalized spacial score (nSPS) is 20.0.